The van der Waals surface area contributed by atoms with Gasteiger partial charge in [0.1, 0.15) is 0 Å². The highest BCUT2D eigenvalue weighted by Gasteiger charge is 2.41. The van der Waals surface area contributed by atoms with Crippen molar-refractivity contribution in [3.05, 3.63) is 39.6 Å². The third kappa shape index (κ3) is 3.25. The highest BCUT2D eigenvalue weighted by molar-refractivity contribution is 5.91. The minimum atomic E-state index is -0.307. The van der Waals surface area contributed by atoms with E-state index in [1.165, 1.54) is 5.56 Å². The van der Waals surface area contributed by atoms with Gasteiger partial charge in [-0.1, -0.05) is 0 Å². The van der Waals surface area contributed by atoms with E-state index in [1.54, 1.807) is 17.0 Å². The van der Waals surface area contributed by atoms with E-state index in [-0.39, 0.29) is 34.6 Å². The average Bonchev–Trinajstić information content (AvgIpc) is 3.00. The van der Waals surface area contributed by atoms with Gasteiger partial charge >= 0.3 is 6.03 Å². The zero-order valence-electron chi connectivity index (χ0n) is 17.5. The number of fused-ring (bicyclic) bond motifs is 2. The second-order valence-electron chi connectivity index (χ2n) is 8.32. The second kappa shape index (κ2) is 7.33. The zero-order valence-corrected chi connectivity index (χ0v) is 17.5. The number of rotatable bonds is 4. The molecule has 0 radical (unpaired) electrons. The summed E-state index contributed by atoms with van der Waals surface area (Å²) in [5, 5.41) is 15.9. The molecule has 8 heteroatoms. The first-order valence-electron chi connectivity index (χ1n) is 10.4. The summed E-state index contributed by atoms with van der Waals surface area (Å²) < 4.78 is 2.00. The van der Waals surface area contributed by atoms with Crippen molar-refractivity contribution < 1.29 is 9.72 Å². The molecule has 1 fully saturated rings. The van der Waals surface area contributed by atoms with Crippen molar-refractivity contribution in [2.24, 2.45) is 7.05 Å². The maximum absolute atomic E-state index is 12.6. The van der Waals surface area contributed by atoms with E-state index in [9.17, 15) is 14.9 Å². The van der Waals surface area contributed by atoms with E-state index < -0.39 is 0 Å². The zero-order chi connectivity index (χ0) is 20.9. The number of nitrogens with one attached hydrogen (secondary N) is 1. The van der Waals surface area contributed by atoms with Crippen LogP contribution in [0.2, 0.25) is 0 Å². The summed E-state index contributed by atoms with van der Waals surface area (Å²) in [6.45, 7) is 6.09. The molecule has 8 nitrogen and oxygen atoms in total. The Kier molecular flexibility index (Phi) is 4.98. The molecule has 1 N–H and O–H groups in total. The number of nitro groups is 1. The second-order valence-corrected chi connectivity index (χ2v) is 8.32. The monoisotopic (exact) mass is 399 g/mol. The maximum atomic E-state index is 12.6. The van der Waals surface area contributed by atoms with Crippen LogP contribution in [-0.2, 0) is 13.5 Å². The lowest BCUT2D eigenvalue weighted by atomic mass is 9.74. The molecular formula is C21H29N5O3. The van der Waals surface area contributed by atoms with Crippen molar-refractivity contribution in [3.8, 4) is 0 Å². The molecule has 0 saturated carbocycles. The van der Waals surface area contributed by atoms with Crippen molar-refractivity contribution in [2.75, 3.05) is 26.7 Å². The van der Waals surface area contributed by atoms with Crippen LogP contribution in [0.15, 0.2) is 18.3 Å². The van der Waals surface area contributed by atoms with Crippen LogP contribution in [0.25, 0.3) is 10.9 Å². The van der Waals surface area contributed by atoms with Crippen LogP contribution < -0.4 is 5.32 Å². The van der Waals surface area contributed by atoms with E-state index in [0.29, 0.717) is 13.1 Å². The van der Waals surface area contributed by atoms with Gasteiger partial charge in [0.25, 0.3) is 5.69 Å². The van der Waals surface area contributed by atoms with Crippen LogP contribution in [0.5, 0.6) is 0 Å². The van der Waals surface area contributed by atoms with Gasteiger partial charge in [0, 0.05) is 68.4 Å². The van der Waals surface area contributed by atoms with E-state index in [2.05, 4.69) is 23.5 Å². The number of piperidine rings is 1. The van der Waals surface area contributed by atoms with Crippen LogP contribution in [0, 0.1) is 10.1 Å². The first-order valence-corrected chi connectivity index (χ1v) is 10.4. The molecule has 1 aromatic carbocycles. The molecule has 4 rings (SSSR count). The first-order chi connectivity index (χ1) is 13.8. The quantitative estimate of drug-likeness (QED) is 0.633. The highest BCUT2D eigenvalue weighted by Crippen LogP contribution is 2.45. The molecule has 3 atom stereocenters. The molecule has 1 saturated heterocycles. The van der Waals surface area contributed by atoms with Gasteiger partial charge < -0.3 is 19.7 Å². The average molecular weight is 399 g/mol. The fourth-order valence-corrected chi connectivity index (χ4v) is 5.25. The van der Waals surface area contributed by atoms with Gasteiger partial charge in [-0.15, -0.1) is 0 Å². The van der Waals surface area contributed by atoms with Gasteiger partial charge in [-0.05, 0) is 44.9 Å². The summed E-state index contributed by atoms with van der Waals surface area (Å²) in [5.41, 5.74) is 3.36. The van der Waals surface area contributed by atoms with Crippen molar-refractivity contribution in [1.82, 2.24) is 19.7 Å². The third-order valence-corrected chi connectivity index (χ3v) is 6.68. The van der Waals surface area contributed by atoms with Gasteiger partial charge in [-0.25, -0.2) is 4.79 Å². The van der Waals surface area contributed by atoms with Crippen LogP contribution in [0.1, 0.15) is 37.3 Å². The Morgan fingerprint density at radius 3 is 2.69 bits per heavy atom. The number of nitrogens with zero attached hydrogens (tertiary/aromatic N) is 4. The molecule has 1 aliphatic carbocycles. The van der Waals surface area contributed by atoms with Crippen LogP contribution in [0.3, 0.4) is 0 Å². The lowest BCUT2D eigenvalue weighted by Gasteiger charge is -2.45. The molecule has 2 aliphatic rings. The molecular weight excluding hydrogens is 370 g/mol. The number of likely N-dealkylation sites (N-methyl/N-ethyl adjacent to an activating group) is 1. The van der Waals surface area contributed by atoms with Gasteiger partial charge in [-0.2, -0.15) is 0 Å². The fraction of sp³-hybridized carbons (Fsp3) is 0.571. The molecule has 1 aliphatic heterocycles. The Labute approximate surface area is 170 Å². The van der Waals surface area contributed by atoms with Gasteiger partial charge in [0.05, 0.1) is 10.4 Å². The number of aryl methyl sites for hydroxylation is 1. The third-order valence-electron chi connectivity index (χ3n) is 6.68. The SMILES string of the molecule is CCN(CC)C(=O)N[C@H]1C[C@@H]2c3cc([N+](=O)[O-])cc4c3c(cn4C)C[C@H]2N(C)C1. The Morgan fingerprint density at radius 2 is 2.03 bits per heavy atom. The predicted octanol–water partition coefficient (Wildman–Crippen LogP) is 2.85. The van der Waals surface area contributed by atoms with Crippen LogP contribution in [0.4, 0.5) is 10.5 Å². The maximum Gasteiger partial charge on any atom is 0.317 e. The highest BCUT2D eigenvalue weighted by atomic mass is 16.6. The van der Waals surface area contributed by atoms with Gasteiger partial charge in [-0.3, -0.25) is 10.1 Å². The Balaban J connectivity index is 1.71. The fourth-order valence-electron chi connectivity index (χ4n) is 5.25. The van der Waals surface area contributed by atoms with Crippen molar-refractivity contribution in [1.29, 1.82) is 0 Å². The number of non-ortho nitro benzene ring substituents is 1. The number of aromatic nitrogens is 1. The predicted molar refractivity (Wildman–Crippen MR) is 112 cm³/mol. The molecule has 0 spiro atoms. The number of benzene rings is 1. The minimum Gasteiger partial charge on any atom is -0.350 e. The summed E-state index contributed by atoms with van der Waals surface area (Å²) in [7, 11) is 4.04. The Hall–Kier alpha value is -2.61. The van der Waals surface area contributed by atoms with Gasteiger partial charge in [0.2, 0.25) is 0 Å². The Bertz CT molecular complexity index is 965. The number of likely N-dealkylation sites (tertiary alicyclic amines) is 1. The van der Waals surface area contributed by atoms with Gasteiger partial charge in [0.15, 0.2) is 0 Å². The molecule has 29 heavy (non-hydrogen) atoms. The number of hydrogen-bond acceptors (Lipinski definition) is 4. The van der Waals surface area contributed by atoms with Crippen molar-refractivity contribution in [3.63, 3.8) is 0 Å². The normalized spacial score (nSPS) is 23.7. The molecule has 0 unspecified atom stereocenters. The first kappa shape index (κ1) is 19.7. The van der Waals surface area contributed by atoms with E-state index >= 15 is 0 Å². The Morgan fingerprint density at radius 1 is 1.31 bits per heavy atom. The molecule has 0 bridgehead atoms. The smallest absolute Gasteiger partial charge is 0.317 e. The summed E-state index contributed by atoms with van der Waals surface area (Å²) >= 11 is 0. The summed E-state index contributed by atoms with van der Waals surface area (Å²) in [5.74, 6) is 0.160. The largest absolute Gasteiger partial charge is 0.350 e. The summed E-state index contributed by atoms with van der Waals surface area (Å²) in [6.07, 6.45) is 3.84. The molecule has 1 aromatic heterocycles. The lowest BCUT2D eigenvalue weighted by Crippen LogP contribution is -2.56. The van der Waals surface area contributed by atoms with Crippen molar-refractivity contribution in [2.45, 2.75) is 44.7 Å². The van der Waals surface area contributed by atoms with Crippen LogP contribution in [-0.4, -0.2) is 64.1 Å². The van der Waals surface area contributed by atoms with E-state index in [1.807, 2.05) is 25.5 Å². The minimum absolute atomic E-state index is 0.0222. The van der Waals surface area contributed by atoms with Crippen LogP contribution >= 0.6 is 0 Å². The number of nitro benzene ring substituents is 1. The molecule has 2 aromatic rings. The molecule has 156 valence electrons. The van der Waals surface area contributed by atoms with E-state index in [4.69, 9.17) is 0 Å². The number of amides is 2. The molecule has 2 amide bonds. The number of carbonyl (C=O) groups excluding carboxylic acids is 1. The topological polar surface area (TPSA) is 83.6 Å². The van der Waals surface area contributed by atoms with Crippen molar-refractivity contribution >= 4 is 22.6 Å². The number of urea groups is 1. The number of hydrogen-bond donors (Lipinski definition) is 1. The molecule has 2 heterocycles. The summed E-state index contributed by atoms with van der Waals surface area (Å²) in [6, 6.07) is 3.71. The standard InChI is InChI=1S/C21H29N5O3/c1-5-25(6-2)21(27)22-14-8-16-17-9-15(26(28)29)10-19-20(17)13(11-23(19)3)7-18(16)24(4)12-14/h9-11,14,16,18H,5-8,12H2,1-4H3,(H,22,27)/t14-,16+,18+/m0/s1. The lowest BCUT2D eigenvalue weighted by molar-refractivity contribution is -0.384. The van der Waals surface area contributed by atoms with E-state index in [0.717, 1.165) is 35.9 Å². The number of carbonyl (C=O) groups is 1. The summed E-state index contributed by atoms with van der Waals surface area (Å²) in [4.78, 5) is 27.9.